The van der Waals surface area contributed by atoms with E-state index in [0.29, 0.717) is 11.6 Å². The molecule has 1 fully saturated rings. The lowest BCUT2D eigenvalue weighted by Crippen LogP contribution is -2.34. The molecule has 0 bridgehead atoms. The number of nitrogens with zero attached hydrogens (tertiary/aromatic N) is 2. The highest BCUT2D eigenvalue weighted by molar-refractivity contribution is 5.94. The molecule has 5 heteroatoms. The molecule has 1 unspecified atom stereocenters. The van der Waals surface area contributed by atoms with Gasteiger partial charge >= 0.3 is 0 Å². The Labute approximate surface area is 134 Å². The Morgan fingerprint density at radius 2 is 2.04 bits per heavy atom. The molecule has 2 aliphatic rings. The van der Waals surface area contributed by atoms with Gasteiger partial charge in [-0.05, 0) is 69.2 Å². The quantitative estimate of drug-likeness (QED) is 0.943. The number of hydrogen-bond acceptors (Lipinski definition) is 2. The Bertz CT molecular complexity index is 746. The average Bonchev–Trinajstić information content (AvgIpc) is 3.17. The lowest BCUT2D eigenvalue weighted by Gasteiger charge is -2.11. The molecule has 120 valence electrons. The third-order valence-corrected chi connectivity index (χ3v) is 4.90. The van der Waals surface area contributed by atoms with Crippen molar-refractivity contribution in [2.75, 3.05) is 0 Å². The van der Waals surface area contributed by atoms with Gasteiger partial charge in [0.15, 0.2) is 5.69 Å². The minimum Gasteiger partial charge on any atom is -0.348 e. The summed E-state index contributed by atoms with van der Waals surface area (Å²) >= 11 is 0. The average molecular weight is 313 g/mol. The maximum absolute atomic E-state index is 13.1. The van der Waals surface area contributed by atoms with Crippen LogP contribution in [-0.4, -0.2) is 21.7 Å². The summed E-state index contributed by atoms with van der Waals surface area (Å²) < 4.78 is 14.9. The van der Waals surface area contributed by atoms with Crippen LogP contribution in [0.1, 0.15) is 47.9 Å². The minimum absolute atomic E-state index is 0.0802. The second kappa shape index (κ2) is 5.48. The van der Waals surface area contributed by atoms with Gasteiger partial charge in [0.05, 0.1) is 5.69 Å². The molecule has 0 aliphatic heterocycles. The van der Waals surface area contributed by atoms with Gasteiger partial charge in [-0.25, -0.2) is 9.07 Å². The Hall–Kier alpha value is -2.17. The molecule has 0 spiro atoms. The molecule has 1 heterocycles. The molecular weight excluding hydrogens is 293 g/mol. The maximum atomic E-state index is 13.1. The second-order valence-electron chi connectivity index (χ2n) is 6.62. The van der Waals surface area contributed by atoms with Crippen molar-refractivity contribution >= 4 is 5.91 Å². The normalized spacial score (nSPS) is 17.8. The fourth-order valence-corrected chi connectivity index (χ4v) is 3.40. The predicted molar refractivity (Wildman–Crippen MR) is 85.2 cm³/mol. The van der Waals surface area contributed by atoms with Crippen LogP contribution in [-0.2, 0) is 12.8 Å². The summed E-state index contributed by atoms with van der Waals surface area (Å²) in [6.07, 6.45) is 5.22. The van der Waals surface area contributed by atoms with E-state index < -0.39 is 0 Å². The Morgan fingerprint density at radius 1 is 1.30 bits per heavy atom. The first-order chi connectivity index (χ1) is 11.1. The van der Waals surface area contributed by atoms with Crippen LogP contribution >= 0.6 is 0 Å². The highest BCUT2D eigenvalue weighted by Crippen LogP contribution is 2.33. The lowest BCUT2D eigenvalue weighted by atomic mass is 10.1. The third kappa shape index (κ3) is 2.64. The van der Waals surface area contributed by atoms with Crippen LogP contribution in [0.2, 0.25) is 0 Å². The number of halogens is 1. The topological polar surface area (TPSA) is 46.9 Å². The molecule has 1 amide bonds. The maximum Gasteiger partial charge on any atom is 0.272 e. The number of rotatable bonds is 4. The zero-order valence-corrected chi connectivity index (χ0v) is 13.2. The number of benzene rings is 1. The monoisotopic (exact) mass is 313 g/mol. The number of carbonyl (C=O) groups excluding carboxylic acids is 1. The Balaban J connectivity index is 1.66. The van der Waals surface area contributed by atoms with Gasteiger partial charge in [0.1, 0.15) is 5.82 Å². The van der Waals surface area contributed by atoms with Gasteiger partial charge in [-0.3, -0.25) is 4.79 Å². The molecular formula is C18H20FN3O. The third-order valence-electron chi connectivity index (χ3n) is 4.90. The molecule has 1 atom stereocenters. The van der Waals surface area contributed by atoms with Crippen molar-refractivity contribution in [3.63, 3.8) is 0 Å². The smallest absolute Gasteiger partial charge is 0.272 e. The van der Waals surface area contributed by atoms with Crippen molar-refractivity contribution in [1.82, 2.24) is 15.1 Å². The molecule has 1 aromatic heterocycles. The first-order valence-electron chi connectivity index (χ1n) is 8.31. The van der Waals surface area contributed by atoms with Crippen molar-refractivity contribution < 1.29 is 9.18 Å². The summed E-state index contributed by atoms with van der Waals surface area (Å²) in [5.74, 6) is 0.267. The number of hydrogen-bond donors (Lipinski definition) is 1. The zero-order valence-electron chi connectivity index (χ0n) is 13.2. The van der Waals surface area contributed by atoms with E-state index in [9.17, 15) is 9.18 Å². The van der Waals surface area contributed by atoms with Crippen LogP contribution in [0.15, 0.2) is 24.3 Å². The van der Waals surface area contributed by atoms with Gasteiger partial charge in [0.25, 0.3) is 5.91 Å². The molecule has 1 aromatic carbocycles. The van der Waals surface area contributed by atoms with Crippen molar-refractivity contribution in [2.24, 2.45) is 5.92 Å². The Kier molecular flexibility index (Phi) is 3.43. The number of carbonyl (C=O) groups is 1. The van der Waals surface area contributed by atoms with Crippen LogP contribution in [0, 0.1) is 11.7 Å². The summed E-state index contributed by atoms with van der Waals surface area (Å²) in [7, 11) is 0. The number of aromatic nitrogens is 2. The van der Waals surface area contributed by atoms with Crippen LogP contribution < -0.4 is 5.32 Å². The van der Waals surface area contributed by atoms with Gasteiger partial charge in [0.2, 0.25) is 0 Å². The van der Waals surface area contributed by atoms with Gasteiger partial charge in [-0.2, -0.15) is 5.10 Å². The van der Waals surface area contributed by atoms with E-state index in [1.807, 2.05) is 0 Å². The second-order valence-corrected chi connectivity index (χ2v) is 6.62. The molecule has 0 saturated heterocycles. The molecule has 23 heavy (non-hydrogen) atoms. The lowest BCUT2D eigenvalue weighted by molar-refractivity contribution is 0.0929. The van der Waals surface area contributed by atoms with E-state index >= 15 is 0 Å². The van der Waals surface area contributed by atoms with Crippen LogP contribution in [0.3, 0.4) is 0 Å². The highest BCUT2D eigenvalue weighted by Gasteiger charge is 2.32. The van der Waals surface area contributed by atoms with Crippen molar-refractivity contribution in [3.8, 4) is 5.69 Å². The van der Waals surface area contributed by atoms with E-state index in [4.69, 9.17) is 0 Å². The van der Waals surface area contributed by atoms with Gasteiger partial charge < -0.3 is 5.32 Å². The summed E-state index contributed by atoms with van der Waals surface area (Å²) in [6, 6.07) is 6.46. The van der Waals surface area contributed by atoms with E-state index in [2.05, 4.69) is 17.3 Å². The zero-order chi connectivity index (χ0) is 16.0. The molecule has 4 nitrogen and oxygen atoms in total. The van der Waals surface area contributed by atoms with Crippen LogP contribution in [0.5, 0.6) is 0 Å². The fourth-order valence-electron chi connectivity index (χ4n) is 3.40. The van der Waals surface area contributed by atoms with Crippen molar-refractivity contribution in [2.45, 2.75) is 45.1 Å². The van der Waals surface area contributed by atoms with Crippen LogP contribution in [0.4, 0.5) is 4.39 Å². The first kappa shape index (κ1) is 14.4. The Morgan fingerprint density at radius 3 is 2.74 bits per heavy atom. The molecule has 2 aliphatic carbocycles. The number of nitrogens with one attached hydrogen (secondary N) is 1. The standard InChI is InChI=1S/C18H20FN3O/c1-11(12-5-6-12)20-18(23)17-15-3-2-4-16(15)22(21-17)14-9-7-13(19)8-10-14/h7-12H,2-6H2,1H3,(H,20,23). The summed E-state index contributed by atoms with van der Waals surface area (Å²) in [6.45, 7) is 2.06. The SMILES string of the molecule is CC(NC(=O)c1nn(-c2ccc(F)cc2)c2c1CCC2)C1CC1. The van der Waals surface area contributed by atoms with Gasteiger partial charge in [0, 0.05) is 17.3 Å². The predicted octanol–water partition coefficient (Wildman–Crippen LogP) is 3.03. The fraction of sp³-hybridized carbons (Fsp3) is 0.444. The van der Waals surface area contributed by atoms with Gasteiger partial charge in [-0.1, -0.05) is 0 Å². The van der Waals surface area contributed by atoms with E-state index in [1.54, 1.807) is 16.8 Å². The van der Waals surface area contributed by atoms with E-state index in [0.717, 1.165) is 36.2 Å². The molecule has 4 rings (SSSR count). The number of amides is 1. The molecule has 1 N–H and O–H groups in total. The minimum atomic E-state index is -0.270. The van der Waals surface area contributed by atoms with Crippen molar-refractivity contribution in [3.05, 3.63) is 47.0 Å². The van der Waals surface area contributed by atoms with E-state index in [-0.39, 0.29) is 17.8 Å². The van der Waals surface area contributed by atoms with E-state index in [1.165, 1.54) is 25.0 Å². The van der Waals surface area contributed by atoms with Gasteiger partial charge in [-0.15, -0.1) is 0 Å². The first-order valence-corrected chi connectivity index (χ1v) is 8.31. The molecule has 1 saturated carbocycles. The summed E-state index contributed by atoms with van der Waals surface area (Å²) in [5, 5.41) is 7.63. The molecule has 2 aromatic rings. The molecule has 0 radical (unpaired) electrons. The highest BCUT2D eigenvalue weighted by atomic mass is 19.1. The summed E-state index contributed by atoms with van der Waals surface area (Å²) in [5.41, 5.74) is 3.48. The summed E-state index contributed by atoms with van der Waals surface area (Å²) in [4.78, 5) is 12.6. The van der Waals surface area contributed by atoms with Crippen LogP contribution in [0.25, 0.3) is 5.69 Å². The largest absolute Gasteiger partial charge is 0.348 e. The number of fused-ring (bicyclic) bond motifs is 1. The van der Waals surface area contributed by atoms with Crippen molar-refractivity contribution in [1.29, 1.82) is 0 Å².